The van der Waals surface area contributed by atoms with E-state index in [1.807, 2.05) is 25.1 Å². The Morgan fingerprint density at radius 2 is 1.88 bits per heavy atom. The van der Waals surface area contributed by atoms with Crippen molar-refractivity contribution in [3.05, 3.63) is 23.8 Å². The highest BCUT2D eigenvalue weighted by molar-refractivity contribution is 5.43. The summed E-state index contributed by atoms with van der Waals surface area (Å²) in [6.45, 7) is 1.92. The lowest BCUT2D eigenvalue weighted by Gasteiger charge is -2.18. The van der Waals surface area contributed by atoms with E-state index in [0.717, 1.165) is 5.56 Å². The predicted octanol–water partition coefficient (Wildman–Crippen LogP) is 1.34. The fourth-order valence-electron chi connectivity index (χ4n) is 1.72. The van der Waals surface area contributed by atoms with E-state index >= 15 is 0 Å². The zero-order valence-corrected chi connectivity index (χ0v) is 10.6. The van der Waals surface area contributed by atoms with Crippen LogP contribution in [0.3, 0.4) is 0 Å². The van der Waals surface area contributed by atoms with Crippen LogP contribution in [-0.2, 0) is 6.42 Å². The third-order valence-electron chi connectivity index (χ3n) is 2.83. The van der Waals surface area contributed by atoms with Gasteiger partial charge in [-0.2, -0.15) is 0 Å². The van der Waals surface area contributed by atoms with Crippen LogP contribution in [0.15, 0.2) is 18.2 Å². The second-order valence-corrected chi connectivity index (χ2v) is 4.03. The highest BCUT2D eigenvalue weighted by Gasteiger charge is 2.14. The molecule has 0 fully saturated rings. The van der Waals surface area contributed by atoms with Crippen LogP contribution in [0.5, 0.6) is 11.5 Å². The Kier molecular flexibility index (Phi) is 5.25. The van der Waals surface area contributed by atoms with Gasteiger partial charge in [-0.3, -0.25) is 0 Å². The first-order valence-corrected chi connectivity index (χ1v) is 5.76. The molecule has 2 atom stereocenters. The number of benzene rings is 1. The summed E-state index contributed by atoms with van der Waals surface area (Å²) in [7, 11) is 3.20. The lowest BCUT2D eigenvalue weighted by molar-refractivity contribution is 0.140. The van der Waals surface area contributed by atoms with Crippen molar-refractivity contribution in [3.63, 3.8) is 0 Å². The van der Waals surface area contributed by atoms with Gasteiger partial charge >= 0.3 is 0 Å². The fraction of sp³-hybridized carbons (Fsp3) is 0.538. The van der Waals surface area contributed by atoms with Crippen LogP contribution in [0.25, 0.3) is 0 Å². The first-order valence-electron chi connectivity index (χ1n) is 5.76. The van der Waals surface area contributed by atoms with Gasteiger partial charge in [0, 0.05) is 6.04 Å². The van der Waals surface area contributed by atoms with Crippen molar-refractivity contribution < 1.29 is 14.6 Å². The minimum atomic E-state index is -0.469. The van der Waals surface area contributed by atoms with Gasteiger partial charge in [-0.15, -0.1) is 0 Å². The van der Waals surface area contributed by atoms with Gasteiger partial charge in [0.2, 0.25) is 0 Å². The van der Waals surface area contributed by atoms with Crippen molar-refractivity contribution >= 4 is 0 Å². The molecular weight excluding hydrogens is 218 g/mol. The number of aliphatic hydroxyl groups is 1. The maximum Gasteiger partial charge on any atom is 0.160 e. The van der Waals surface area contributed by atoms with E-state index in [1.54, 1.807) is 14.2 Å². The smallest absolute Gasteiger partial charge is 0.160 e. The maximum absolute atomic E-state index is 9.63. The van der Waals surface area contributed by atoms with Gasteiger partial charge in [0.15, 0.2) is 11.5 Å². The van der Waals surface area contributed by atoms with Gasteiger partial charge < -0.3 is 20.3 Å². The molecule has 0 saturated heterocycles. The van der Waals surface area contributed by atoms with Gasteiger partial charge in [0.1, 0.15) is 0 Å². The second-order valence-electron chi connectivity index (χ2n) is 4.03. The zero-order chi connectivity index (χ0) is 12.8. The van der Waals surface area contributed by atoms with Crippen molar-refractivity contribution in [2.24, 2.45) is 5.73 Å². The summed E-state index contributed by atoms with van der Waals surface area (Å²) >= 11 is 0. The molecule has 3 N–H and O–H groups in total. The molecular formula is C13H21NO3. The summed E-state index contributed by atoms with van der Waals surface area (Å²) in [5, 5.41) is 9.63. The van der Waals surface area contributed by atoms with Gasteiger partial charge in [0.05, 0.1) is 20.3 Å². The minimum Gasteiger partial charge on any atom is -0.493 e. The third-order valence-corrected chi connectivity index (χ3v) is 2.83. The standard InChI is InChI=1S/C13H21NO3/c1-4-11(15)10(14)7-9-5-6-12(16-2)13(8-9)17-3/h5-6,8,10-11,15H,4,7,14H2,1-3H3. The fourth-order valence-corrected chi connectivity index (χ4v) is 1.72. The summed E-state index contributed by atoms with van der Waals surface area (Å²) in [5.41, 5.74) is 6.93. The average molecular weight is 239 g/mol. The van der Waals surface area contributed by atoms with Crippen LogP contribution in [0.1, 0.15) is 18.9 Å². The summed E-state index contributed by atoms with van der Waals surface area (Å²) in [6, 6.07) is 5.42. The number of methoxy groups -OCH3 is 2. The number of hydrogen-bond acceptors (Lipinski definition) is 4. The van der Waals surface area contributed by atoms with E-state index in [1.165, 1.54) is 0 Å². The molecule has 96 valence electrons. The molecule has 0 aliphatic heterocycles. The molecule has 0 bridgehead atoms. The molecule has 0 spiro atoms. The number of nitrogens with two attached hydrogens (primary N) is 1. The van der Waals surface area contributed by atoms with E-state index in [9.17, 15) is 5.11 Å². The molecule has 0 saturated carbocycles. The summed E-state index contributed by atoms with van der Waals surface area (Å²) in [5.74, 6) is 1.38. The summed E-state index contributed by atoms with van der Waals surface area (Å²) < 4.78 is 10.4. The zero-order valence-electron chi connectivity index (χ0n) is 10.6. The monoisotopic (exact) mass is 239 g/mol. The SMILES string of the molecule is CCC(O)C(N)Cc1ccc(OC)c(OC)c1. The molecule has 2 unspecified atom stereocenters. The third kappa shape index (κ3) is 3.61. The number of aliphatic hydroxyl groups excluding tert-OH is 1. The van der Waals surface area contributed by atoms with Crippen LogP contribution in [0, 0.1) is 0 Å². The molecule has 17 heavy (non-hydrogen) atoms. The van der Waals surface area contributed by atoms with Crippen LogP contribution < -0.4 is 15.2 Å². The second kappa shape index (κ2) is 6.47. The molecule has 4 nitrogen and oxygen atoms in total. The Hall–Kier alpha value is -1.26. The molecule has 4 heteroatoms. The Morgan fingerprint density at radius 3 is 2.41 bits per heavy atom. The van der Waals surface area contributed by atoms with Crippen molar-refractivity contribution in [3.8, 4) is 11.5 Å². The average Bonchev–Trinajstić information content (AvgIpc) is 2.37. The van der Waals surface area contributed by atoms with Gasteiger partial charge in [0.25, 0.3) is 0 Å². The predicted molar refractivity (Wildman–Crippen MR) is 67.5 cm³/mol. The Labute approximate surface area is 102 Å². The van der Waals surface area contributed by atoms with Gasteiger partial charge in [-0.1, -0.05) is 13.0 Å². The summed E-state index contributed by atoms with van der Waals surface area (Å²) in [6.07, 6.45) is 0.812. The quantitative estimate of drug-likeness (QED) is 0.786. The Balaban J connectivity index is 2.78. The first kappa shape index (κ1) is 13.8. The lowest BCUT2D eigenvalue weighted by atomic mass is 10.0. The topological polar surface area (TPSA) is 64.7 Å². The lowest BCUT2D eigenvalue weighted by Crippen LogP contribution is -2.36. The van der Waals surface area contributed by atoms with Gasteiger partial charge in [-0.05, 0) is 30.5 Å². The Morgan fingerprint density at radius 1 is 1.24 bits per heavy atom. The van der Waals surface area contributed by atoms with Crippen LogP contribution in [0.4, 0.5) is 0 Å². The van der Waals surface area contributed by atoms with Crippen LogP contribution in [0.2, 0.25) is 0 Å². The normalized spacial score (nSPS) is 14.2. The van der Waals surface area contributed by atoms with Crippen molar-refractivity contribution in [2.45, 2.75) is 31.9 Å². The van der Waals surface area contributed by atoms with Crippen molar-refractivity contribution in [2.75, 3.05) is 14.2 Å². The molecule has 0 aliphatic carbocycles. The molecule has 0 aliphatic rings. The Bertz CT molecular complexity index is 355. The van der Waals surface area contributed by atoms with E-state index < -0.39 is 6.10 Å². The molecule has 0 amide bonds. The number of hydrogen-bond donors (Lipinski definition) is 2. The summed E-state index contributed by atoms with van der Waals surface area (Å²) in [4.78, 5) is 0. The van der Waals surface area contributed by atoms with Crippen LogP contribution >= 0.6 is 0 Å². The van der Waals surface area contributed by atoms with Crippen molar-refractivity contribution in [1.29, 1.82) is 0 Å². The maximum atomic E-state index is 9.63. The highest BCUT2D eigenvalue weighted by atomic mass is 16.5. The molecule has 1 aromatic rings. The van der Waals surface area contributed by atoms with E-state index in [0.29, 0.717) is 24.3 Å². The number of ether oxygens (including phenoxy) is 2. The highest BCUT2D eigenvalue weighted by Crippen LogP contribution is 2.28. The first-order chi connectivity index (χ1) is 8.12. The molecule has 0 radical (unpaired) electrons. The van der Waals surface area contributed by atoms with E-state index in [4.69, 9.17) is 15.2 Å². The van der Waals surface area contributed by atoms with Crippen LogP contribution in [-0.4, -0.2) is 31.5 Å². The number of rotatable bonds is 6. The molecule has 1 rings (SSSR count). The molecule has 0 heterocycles. The van der Waals surface area contributed by atoms with E-state index in [2.05, 4.69) is 0 Å². The van der Waals surface area contributed by atoms with E-state index in [-0.39, 0.29) is 6.04 Å². The molecule has 1 aromatic carbocycles. The molecule has 0 aromatic heterocycles. The largest absolute Gasteiger partial charge is 0.493 e. The minimum absolute atomic E-state index is 0.252. The van der Waals surface area contributed by atoms with Gasteiger partial charge in [-0.25, -0.2) is 0 Å². The van der Waals surface area contributed by atoms with Crippen molar-refractivity contribution in [1.82, 2.24) is 0 Å².